The monoisotopic (exact) mass is 295 g/mol. The zero-order chi connectivity index (χ0) is 14.5. The average molecular weight is 295 g/mol. The maximum atomic E-state index is 11.4. The molecule has 2 unspecified atom stereocenters. The molecule has 0 saturated carbocycles. The molecule has 1 aliphatic rings. The first-order valence-corrected chi connectivity index (χ1v) is 7.36. The van der Waals surface area contributed by atoms with Crippen molar-refractivity contribution in [3.05, 3.63) is 0 Å². The van der Waals surface area contributed by atoms with E-state index in [-0.39, 0.29) is 31.9 Å². The molecule has 1 aliphatic heterocycles. The zero-order valence-electron chi connectivity index (χ0n) is 10.2. The summed E-state index contributed by atoms with van der Waals surface area (Å²) in [5, 5.41) is 18.6. The average Bonchev–Trinajstić information content (AvgIpc) is 2.71. The standard InChI is InChI=1S/C9H17N3O6S/c10-19(16,17)3-1-2-11-9(15)12-7-5-18-4-6(7)8(13)14/h6-7H,1-5H2,(H,13,14)(H2,10,16,17)(H2,11,12,15). The molecule has 0 bridgehead atoms. The van der Waals surface area contributed by atoms with Gasteiger partial charge in [-0.25, -0.2) is 18.4 Å². The van der Waals surface area contributed by atoms with Crippen molar-refractivity contribution < 1.29 is 27.9 Å². The summed E-state index contributed by atoms with van der Waals surface area (Å²) < 4.78 is 26.3. The van der Waals surface area contributed by atoms with Gasteiger partial charge in [-0.1, -0.05) is 0 Å². The summed E-state index contributed by atoms with van der Waals surface area (Å²) in [5.41, 5.74) is 0. The second kappa shape index (κ2) is 6.68. The van der Waals surface area contributed by atoms with Crippen molar-refractivity contribution in [2.45, 2.75) is 12.5 Å². The molecule has 0 radical (unpaired) electrons. The number of urea groups is 1. The van der Waals surface area contributed by atoms with E-state index < -0.39 is 34.0 Å². The number of rotatable bonds is 6. The predicted octanol–water partition coefficient (Wildman–Crippen LogP) is -1.94. The molecule has 0 aliphatic carbocycles. The molecule has 0 aromatic heterocycles. The molecule has 5 N–H and O–H groups in total. The Morgan fingerprint density at radius 1 is 1.37 bits per heavy atom. The van der Waals surface area contributed by atoms with Gasteiger partial charge in [-0.2, -0.15) is 0 Å². The highest BCUT2D eigenvalue weighted by Crippen LogP contribution is 2.13. The molecule has 1 fully saturated rings. The van der Waals surface area contributed by atoms with Gasteiger partial charge in [-0.3, -0.25) is 4.79 Å². The number of carboxylic acid groups (broad SMARTS) is 1. The van der Waals surface area contributed by atoms with Crippen LogP contribution in [0.15, 0.2) is 0 Å². The van der Waals surface area contributed by atoms with E-state index in [0.717, 1.165) is 0 Å². The predicted molar refractivity (Wildman–Crippen MR) is 64.9 cm³/mol. The van der Waals surface area contributed by atoms with Crippen LogP contribution in [0.5, 0.6) is 0 Å². The van der Waals surface area contributed by atoms with Crippen LogP contribution in [0, 0.1) is 5.92 Å². The minimum atomic E-state index is -3.53. The first-order chi connectivity index (χ1) is 8.79. The summed E-state index contributed by atoms with van der Waals surface area (Å²) in [5.74, 6) is -2.02. The third-order valence-corrected chi connectivity index (χ3v) is 3.46. The maximum Gasteiger partial charge on any atom is 0.315 e. The minimum absolute atomic E-state index is 0.0612. The molecule has 1 saturated heterocycles. The number of nitrogens with one attached hydrogen (secondary N) is 2. The molecule has 9 nitrogen and oxygen atoms in total. The fourth-order valence-corrected chi connectivity index (χ4v) is 2.18. The topological polar surface area (TPSA) is 148 Å². The van der Waals surface area contributed by atoms with Crippen molar-refractivity contribution in [2.24, 2.45) is 11.1 Å². The lowest BCUT2D eigenvalue weighted by Gasteiger charge is -2.16. The smallest absolute Gasteiger partial charge is 0.315 e. The van der Waals surface area contributed by atoms with Gasteiger partial charge in [0.1, 0.15) is 5.92 Å². The van der Waals surface area contributed by atoms with Crippen molar-refractivity contribution in [1.82, 2.24) is 10.6 Å². The number of primary sulfonamides is 1. The van der Waals surface area contributed by atoms with Crippen LogP contribution in [0.25, 0.3) is 0 Å². The minimum Gasteiger partial charge on any atom is -0.481 e. The normalized spacial score (nSPS) is 23.0. The van der Waals surface area contributed by atoms with Gasteiger partial charge in [-0.15, -0.1) is 0 Å². The van der Waals surface area contributed by atoms with Crippen LogP contribution in [-0.4, -0.2) is 57.1 Å². The summed E-state index contributed by atoms with van der Waals surface area (Å²) in [6, 6.07) is -1.15. The molecular formula is C9H17N3O6S. The molecule has 1 heterocycles. The molecule has 19 heavy (non-hydrogen) atoms. The Kier molecular flexibility index (Phi) is 5.51. The van der Waals surface area contributed by atoms with E-state index in [4.69, 9.17) is 15.0 Å². The van der Waals surface area contributed by atoms with Gasteiger partial charge in [0.15, 0.2) is 0 Å². The number of carbonyl (C=O) groups is 2. The lowest BCUT2D eigenvalue weighted by molar-refractivity contribution is -0.142. The van der Waals surface area contributed by atoms with Crippen molar-refractivity contribution in [2.75, 3.05) is 25.5 Å². The lowest BCUT2D eigenvalue weighted by Crippen LogP contribution is -2.47. The Hall–Kier alpha value is -1.39. The molecular weight excluding hydrogens is 278 g/mol. The summed E-state index contributed by atoms with van der Waals surface area (Å²) >= 11 is 0. The van der Waals surface area contributed by atoms with E-state index in [0.29, 0.717) is 0 Å². The van der Waals surface area contributed by atoms with E-state index in [1.165, 1.54) is 0 Å². The van der Waals surface area contributed by atoms with Crippen LogP contribution >= 0.6 is 0 Å². The largest absolute Gasteiger partial charge is 0.481 e. The zero-order valence-corrected chi connectivity index (χ0v) is 11.0. The summed E-state index contributed by atoms with van der Waals surface area (Å²) in [4.78, 5) is 22.3. The number of nitrogens with two attached hydrogens (primary N) is 1. The molecule has 10 heteroatoms. The van der Waals surface area contributed by atoms with Crippen molar-refractivity contribution in [1.29, 1.82) is 0 Å². The van der Waals surface area contributed by atoms with Crippen LogP contribution in [0.4, 0.5) is 4.79 Å². The van der Waals surface area contributed by atoms with Gasteiger partial charge in [0, 0.05) is 6.54 Å². The fraction of sp³-hybridized carbons (Fsp3) is 0.778. The first kappa shape index (κ1) is 15.7. The van der Waals surface area contributed by atoms with Crippen LogP contribution in [0.2, 0.25) is 0 Å². The highest BCUT2D eigenvalue weighted by molar-refractivity contribution is 7.89. The van der Waals surface area contributed by atoms with Gasteiger partial charge < -0.3 is 20.5 Å². The molecule has 0 aromatic rings. The molecule has 2 atom stereocenters. The van der Waals surface area contributed by atoms with E-state index in [1.54, 1.807) is 0 Å². The highest BCUT2D eigenvalue weighted by atomic mass is 32.2. The van der Waals surface area contributed by atoms with Crippen molar-refractivity contribution in [3.63, 3.8) is 0 Å². The lowest BCUT2D eigenvalue weighted by atomic mass is 10.0. The Labute approximate surface area is 110 Å². The maximum absolute atomic E-state index is 11.4. The van der Waals surface area contributed by atoms with E-state index >= 15 is 0 Å². The Balaban J connectivity index is 2.26. The quantitative estimate of drug-likeness (QED) is 0.419. The van der Waals surface area contributed by atoms with Gasteiger partial charge >= 0.3 is 12.0 Å². The van der Waals surface area contributed by atoms with E-state index in [9.17, 15) is 18.0 Å². The molecule has 2 amide bonds. The number of carbonyl (C=O) groups excluding carboxylic acids is 1. The molecule has 0 spiro atoms. The number of aliphatic carboxylic acids is 1. The Bertz CT molecular complexity index is 437. The molecule has 1 rings (SSSR count). The number of sulfonamides is 1. The molecule has 110 valence electrons. The van der Waals surface area contributed by atoms with Crippen LogP contribution in [-0.2, 0) is 19.6 Å². The summed E-state index contributed by atoms with van der Waals surface area (Å²) in [6.45, 7) is 0.334. The highest BCUT2D eigenvalue weighted by Gasteiger charge is 2.34. The Morgan fingerprint density at radius 2 is 2.05 bits per heavy atom. The number of carboxylic acids is 1. The number of ether oxygens (including phenoxy) is 1. The third-order valence-electron chi connectivity index (χ3n) is 2.61. The second-order valence-corrected chi connectivity index (χ2v) is 5.94. The van der Waals surface area contributed by atoms with Crippen LogP contribution < -0.4 is 15.8 Å². The van der Waals surface area contributed by atoms with Gasteiger partial charge in [-0.05, 0) is 6.42 Å². The SMILES string of the molecule is NS(=O)(=O)CCCNC(=O)NC1COCC1C(=O)O. The van der Waals surface area contributed by atoms with Crippen LogP contribution in [0.3, 0.4) is 0 Å². The van der Waals surface area contributed by atoms with E-state index in [1.807, 2.05) is 0 Å². The van der Waals surface area contributed by atoms with Crippen molar-refractivity contribution in [3.8, 4) is 0 Å². The first-order valence-electron chi connectivity index (χ1n) is 5.65. The van der Waals surface area contributed by atoms with Gasteiger partial charge in [0.2, 0.25) is 10.0 Å². The summed E-state index contributed by atoms with van der Waals surface area (Å²) in [6.07, 6.45) is 0.190. The third kappa shape index (κ3) is 5.85. The molecule has 0 aromatic carbocycles. The van der Waals surface area contributed by atoms with Crippen molar-refractivity contribution >= 4 is 22.0 Å². The van der Waals surface area contributed by atoms with E-state index in [2.05, 4.69) is 10.6 Å². The van der Waals surface area contributed by atoms with Crippen LogP contribution in [0.1, 0.15) is 6.42 Å². The second-order valence-electron chi connectivity index (χ2n) is 4.21. The van der Waals surface area contributed by atoms with Gasteiger partial charge in [0.05, 0.1) is 25.0 Å². The van der Waals surface area contributed by atoms with Gasteiger partial charge in [0.25, 0.3) is 0 Å². The number of hydrogen-bond donors (Lipinski definition) is 4. The summed E-state index contributed by atoms with van der Waals surface area (Å²) in [7, 11) is -3.53. The number of hydrogen-bond acceptors (Lipinski definition) is 5. The Morgan fingerprint density at radius 3 is 2.63 bits per heavy atom. The number of amides is 2. The fourth-order valence-electron chi connectivity index (χ4n) is 1.63.